The lowest BCUT2D eigenvalue weighted by atomic mass is 9.91. The summed E-state index contributed by atoms with van der Waals surface area (Å²) >= 11 is 3.40. The molecular weight excluding hydrogens is 370 g/mol. The van der Waals surface area contributed by atoms with E-state index in [4.69, 9.17) is 5.73 Å². The Morgan fingerprint density at radius 3 is 2.54 bits per heavy atom. The predicted octanol–water partition coefficient (Wildman–Crippen LogP) is 2.38. The summed E-state index contributed by atoms with van der Waals surface area (Å²) in [7, 11) is 0. The molecule has 0 fully saturated rings. The van der Waals surface area contributed by atoms with E-state index in [2.05, 4.69) is 44.5 Å². The first-order valence-electron chi connectivity index (χ1n) is 8.07. The highest BCUT2D eigenvalue weighted by Gasteiger charge is 2.36. The third-order valence-electron chi connectivity index (χ3n) is 4.47. The Morgan fingerprint density at radius 2 is 1.92 bits per heavy atom. The fourth-order valence-electron chi connectivity index (χ4n) is 3.03. The minimum atomic E-state index is -1.07. The predicted molar refractivity (Wildman–Crippen MR) is 95.2 cm³/mol. The van der Waals surface area contributed by atoms with Crippen LogP contribution in [0.3, 0.4) is 0 Å². The van der Waals surface area contributed by atoms with Gasteiger partial charge in [-0.1, -0.05) is 41.9 Å². The Hall–Kier alpha value is -1.73. The number of carbonyl (C=O) groups is 1. The van der Waals surface area contributed by atoms with Gasteiger partial charge >= 0.3 is 0 Å². The zero-order valence-electron chi connectivity index (χ0n) is 14.2. The molecule has 1 aliphatic heterocycles. The smallest absolute Gasteiger partial charge is 0.247 e. The molecule has 2 N–H and O–H groups in total. The molecule has 0 spiro atoms. The fourth-order valence-corrected chi connectivity index (χ4v) is 3.29. The van der Waals surface area contributed by atoms with E-state index in [1.165, 1.54) is 0 Å². The lowest BCUT2D eigenvalue weighted by molar-refractivity contribution is -0.138. The van der Waals surface area contributed by atoms with E-state index in [0.29, 0.717) is 25.6 Å². The van der Waals surface area contributed by atoms with Gasteiger partial charge in [0.25, 0.3) is 0 Å². The minimum Gasteiger partial charge on any atom is -0.331 e. The van der Waals surface area contributed by atoms with E-state index in [0.717, 1.165) is 21.7 Å². The molecule has 0 aliphatic carbocycles. The van der Waals surface area contributed by atoms with E-state index in [9.17, 15) is 4.79 Å². The number of hydrogen-bond donors (Lipinski definition) is 1. The molecule has 1 atom stereocenters. The summed E-state index contributed by atoms with van der Waals surface area (Å²) < 4.78 is 3.07. The zero-order valence-corrected chi connectivity index (χ0v) is 15.7. The third kappa shape index (κ3) is 2.98. The molecular formula is C17H22BrN5O. The molecule has 3 rings (SSSR count). The molecule has 128 valence electrons. The van der Waals surface area contributed by atoms with Crippen LogP contribution in [-0.4, -0.2) is 32.1 Å². The minimum absolute atomic E-state index is 0.0924. The Bertz CT molecular complexity index is 751. The fraction of sp³-hybridized carbons (Fsp3) is 0.471. The summed E-state index contributed by atoms with van der Waals surface area (Å²) in [5, 5.41) is 8.51. The van der Waals surface area contributed by atoms with Crippen LogP contribution in [-0.2, 0) is 23.4 Å². The molecule has 0 saturated carbocycles. The number of amides is 1. The molecule has 0 bridgehead atoms. The molecule has 7 heteroatoms. The first-order valence-corrected chi connectivity index (χ1v) is 8.86. The number of nitrogens with zero attached hydrogens (tertiary/aromatic N) is 4. The Morgan fingerprint density at radius 1 is 1.25 bits per heavy atom. The quantitative estimate of drug-likeness (QED) is 0.870. The lowest BCUT2D eigenvalue weighted by Gasteiger charge is -2.34. The van der Waals surface area contributed by atoms with Crippen LogP contribution in [0.5, 0.6) is 0 Å². The molecule has 2 aromatic rings. The van der Waals surface area contributed by atoms with Gasteiger partial charge in [0.1, 0.15) is 11.4 Å². The zero-order chi connectivity index (χ0) is 17.5. The van der Waals surface area contributed by atoms with Gasteiger partial charge in [0, 0.05) is 23.5 Å². The monoisotopic (exact) mass is 391 g/mol. The van der Waals surface area contributed by atoms with Gasteiger partial charge in [-0.05, 0) is 24.6 Å². The molecule has 1 unspecified atom stereocenters. The largest absolute Gasteiger partial charge is 0.331 e. The van der Waals surface area contributed by atoms with Crippen LogP contribution in [0.15, 0.2) is 28.7 Å². The van der Waals surface area contributed by atoms with Gasteiger partial charge in [-0.25, -0.2) is 0 Å². The summed E-state index contributed by atoms with van der Waals surface area (Å²) in [6, 6.07) is 7.56. The highest BCUT2D eigenvalue weighted by molar-refractivity contribution is 9.10. The van der Waals surface area contributed by atoms with Crippen molar-refractivity contribution in [2.45, 2.75) is 45.3 Å². The highest BCUT2D eigenvalue weighted by Crippen LogP contribution is 2.25. The molecule has 1 aromatic carbocycles. The van der Waals surface area contributed by atoms with Crippen molar-refractivity contribution < 1.29 is 4.79 Å². The summed E-state index contributed by atoms with van der Waals surface area (Å²) in [6.45, 7) is 7.73. The van der Waals surface area contributed by atoms with Crippen molar-refractivity contribution in [1.29, 1.82) is 0 Å². The van der Waals surface area contributed by atoms with Crippen LogP contribution >= 0.6 is 15.9 Å². The second kappa shape index (κ2) is 6.29. The number of aromatic nitrogens is 3. The number of fused-ring (bicyclic) bond motifs is 1. The van der Waals surface area contributed by atoms with Gasteiger partial charge in [0.2, 0.25) is 5.91 Å². The van der Waals surface area contributed by atoms with Crippen molar-refractivity contribution in [3.05, 3.63) is 46.0 Å². The van der Waals surface area contributed by atoms with E-state index in [1.807, 2.05) is 24.3 Å². The number of benzene rings is 1. The van der Waals surface area contributed by atoms with Crippen LogP contribution in [0.1, 0.15) is 43.9 Å². The SMILES string of the molecule is CC(C)c1nnc2n1CCN(C(=O)C(C)(N)c1ccc(Br)cc1)C2. The van der Waals surface area contributed by atoms with Gasteiger partial charge in [0.05, 0.1) is 6.54 Å². The standard InChI is InChI=1S/C17H22BrN5O/c1-11(2)15-21-20-14-10-22(8-9-23(14)15)16(24)17(3,19)12-4-6-13(18)7-5-12/h4-7,11H,8-10,19H2,1-3H3. The van der Waals surface area contributed by atoms with Crippen molar-refractivity contribution >= 4 is 21.8 Å². The van der Waals surface area contributed by atoms with E-state index in [-0.39, 0.29) is 5.91 Å². The van der Waals surface area contributed by atoms with Crippen molar-refractivity contribution in [2.24, 2.45) is 5.73 Å². The van der Waals surface area contributed by atoms with Gasteiger partial charge in [-0.2, -0.15) is 0 Å². The normalized spacial score (nSPS) is 16.8. The highest BCUT2D eigenvalue weighted by atomic mass is 79.9. The molecule has 0 radical (unpaired) electrons. The van der Waals surface area contributed by atoms with Crippen LogP contribution in [0.4, 0.5) is 0 Å². The number of halogens is 1. The van der Waals surface area contributed by atoms with Gasteiger partial charge in [-0.3, -0.25) is 4.79 Å². The maximum atomic E-state index is 13.0. The lowest BCUT2D eigenvalue weighted by Crippen LogP contribution is -2.52. The summed E-state index contributed by atoms with van der Waals surface area (Å²) in [4.78, 5) is 14.8. The maximum Gasteiger partial charge on any atom is 0.247 e. The molecule has 0 saturated heterocycles. The number of hydrogen-bond acceptors (Lipinski definition) is 4. The van der Waals surface area contributed by atoms with Crippen LogP contribution in [0.25, 0.3) is 0 Å². The number of rotatable bonds is 3. The van der Waals surface area contributed by atoms with Crippen LogP contribution < -0.4 is 5.73 Å². The van der Waals surface area contributed by atoms with Crippen molar-refractivity contribution in [3.63, 3.8) is 0 Å². The molecule has 6 nitrogen and oxygen atoms in total. The van der Waals surface area contributed by atoms with Crippen molar-refractivity contribution in [2.75, 3.05) is 6.54 Å². The van der Waals surface area contributed by atoms with Crippen molar-refractivity contribution in [3.8, 4) is 0 Å². The van der Waals surface area contributed by atoms with Gasteiger partial charge in [-0.15, -0.1) is 10.2 Å². The molecule has 1 aliphatic rings. The first kappa shape index (κ1) is 17.1. The number of carbonyl (C=O) groups excluding carboxylic acids is 1. The van der Waals surface area contributed by atoms with Crippen LogP contribution in [0.2, 0.25) is 0 Å². The topological polar surface area (TPSA) is 77.0 Å². The average molecular weight is 392 g/mol. The summed E-state index contributed by atoms with van der Waals surface area (Å²) in [5.41, 5.74) is 6.12. The summed E-state index contributed by atoms with van der Waals surface area (Å²) in [5.74, 6) is 2.02. The molecule has 24 heavy (non-hydrogen) atoms. The summed E-state index contributed by atoms with van der Waals surface area (Å²) in [6.07, 6.45) is 0. The third-order valence-corrected chi connectivity index (χ3v) is 5.00. The Balaban J connectivity index is 1.82. The van der Waals surface area contributed by atoms with Crippen LogP contribution in [0, 0.1) is 0 Å². The number of nitrogens with two attached hydrogens (primary N) is 1. The molecule has 2 heterocycles. The Kier molecular flexibility index (Phi) is 4.48. The van der Waals surface area contributed by atoms with Gasteiger partial charge < -0.3 is 15.2 Å². The van der Waals surface area contributed by atoms with E-state index in [1.54, 1.807) is 11.8 Å². The average Bonchev–Trinajstić information content (AvgIpc) is 2.97. The second-order valence-electron chi connectivity index (χ2n) is 6.72. The maximum absolute atomic E-state index is 13.0. The first-order chi connectivity index (χ1) is 11.3. The molecule has 1 aromatic heterocycles. The second-order valence-corrected chi connectivity index (χ2v) is 7.63. The molecule has 1 amide bonds. The Labute approximate surface area is 150 Å². The van der Waals surface area contributed by atoms with E-state index < -0.39 is 5.54 Å². The van der Waals surface area contributed by atoms with Crippen molar-refractivity contribution in [1.82, 2.24) is 19.7 Å². The van der Waals surface area contributed by atoms with E-state index >= 15 is 0 Å². The van der Waals surface area contributed by atoms with Gasteiger partial charge in [0.15, 0.2) is 5.82 Å².